The van der Waals surface area contributed by atoms with Gasteiger partial charge in [0.2, 0.25) is 0 Å². The normalized spacial score (nSPS) is 11.2. The van der Waals surface area contributed by atoms with Gasteiger partial charge in [-0.15, -0.1) is 11.3 Å². The molecule has 0 N–H and O–H groups in total. The first-order chi connectivity index (χ1) is 9.33. The van der Waals surface area contributed by atoms with Gasteiger partial charge in [0.25, 0.3) is 0 Å². The third kappa shape index (κ3) is 2.64. The molecule has 0 unspecified atom stereocenters. The third-order valence-electron chi connectivity index (χ3n) is 2.98. The number of hydrogen-bond acceptors (Lipinski definition) is 2. The minimum absolute atomic E-state index is 0.0409. The van der Waals surface area contributed by atoms with Crippen molar-refractivity contribution in [2.75, 3.05) is 0 Å². The number of thiophene rings is 1. The van der Waals surface area contributed by atoms with Crippen LogP contribution in [0.25, 0.3) is 16.8 Å². The molecule has 0 bridgehead atoms. The first kappa shape index (κ1) is 11.9. The summed E-state index contributed by atoms with van der Waals surface area (Å²) in [7, 11) is 0. The van der Waals surface area contributed by atoms with Gasteiger partial charge in [-0.3, -0.25) is 4.79 Å². The van der Waals surface area contributed by atoms with E-state index >= 15 is 0 Å². The molecule has 2 heteroatoms. The number of benzene rings is 2. The fourth-order valence-electron chi connectivity index (χ4n) is 1.98. The summed E-state index contributed by atoms with van der Waals surface area (Å²) < 4.78 is 0. The molecule has 0 amide bonds. The number of ketones is 1. The summed E-state index contributed by atoms with van der Waals surface area (Å²) in [6, 6.07) is 17.8. The van der Waals surface area contributed by atoms with E-state index in [1.54, 1.807) is 17.4 Å². The molecule has 1 heterocycles. The molecule has 0 atom stereocenters. The van der Waals surface area contributed by atoms with E-state index in [4.69, 9.17) is 0 Å². The molecule has 0 aliphatic rings. The van der Waals surface area contributed by atoms with E-state index in [0.29, 0.717) is 0 Å². The minimum atomic E-state index is 0.0409. The van der Waals surface area contributed by atoms with Crippen molar-refractivity contribution in [3.63, 3.8) is 0 Å². The average molecular weight is 264 g/mol. The van der Waals surface area contributed by atoms with Gasteiger partial charge in [0.1, 0.15) is 0 Å². The molecule has 0 aliphatic heterocycles. The van der Waals surface area contributed by atoms with Gasteiger partial charge in [0.05, 0.1) is 0 Å². The molecule has 1 nitrogen and oxygen atoms in total. The highest BCUT2D eigenvalue weighted by molar-refractivity contribution is 7.10. The molecule has 92 valence electrons. The van der Waals surface area contributed by atoms with Crippen molar-refractivity contribution in [1.29, 1.82) is 0 Å². The molecule has 0 spiro atoms. The van der Waals surface area contributed by atoms with Gasteiger partial charge in [-0.05, 0) is 40.4 Å². The lowest BCUT2D eigenvalue weighted by atomic mass is 10.0. The van der Waals surface area contributed by atoms with Crippen LogP contribution in [-0.2, 0) is 0 Å². The molecule has 2 aromatic carbocycles. The van der Waals surface area contributed by atoms with Crippen LogP contribution in [0.4, 0.5) is 0 Å². The SMILES string of the molecule is O=C(C=Cc1cccs1)c1ccc2ccccc2c1. The van der Waals surface area contributed by atoms with E-state index in [2.05, 4.69) is 0 Å². The molecule has 0 radical (unpaired) electrons. The van der Waals surface area contributed by atoms with Crippen molar-refractivity contribution < 1.29 is 4.79 Å². The number of rotatable bonds is 3. The molecule has 0 saturated carbocycles. The highest BCUT2D eigenvalue weighted by Crippen LogP contribution is 2.17. The highest BCUT2D eigenvalue weighted by atomic mass is 32.1. The zero-order chi connectivity index (χ0) is 13.1. The van der Waals surface area contributed by atoms with Crippen LogP contribution in [0.1, 0.15) is 15.2 Å². The summed E-state index contributed by atoms with van der Waals surface area (Å²) in [6.07, 6.45) is 3.50. The monoisotopic (exact) mass is 264 g/mol. The van der Waals surface area contributed by atoms with Gasteiger partial charge in [-0.1, -0.05) is 42.5 Å². The smallest absolute Gasteiger partial charge is 0.185 e. The van der Waals surface area contributed by atoms with Crippen molar-refractivity contribution in [3.8, 4) is 0 Å². The Bertz CT molecular complexity index is 739. The number of hydrogen-bond donors (Lipinski definition) is 0. The van der Waals surface area contributed by atoms with Crippen LogP contribution in [-0.4, -0.2) is 5.78 Å². The van der Waals surface area contributed by atoms with Gasteiger partial charge in [0.15, 0.2) is 5.78 Å². The second-order valence-electron chi connectivity index (χ2n) is 4.27. The Hall–Kier alpha value is -2.19. The molecule has 3 aromatic rings. The van der Waals surface area contributed by atoms with Crippen LogP contribution in [0.3, 0.4) is 0 Å². The van der Waals surface area contributed by atoms with E-state index in [1.165, 1.54) is 0 Å². The Kier molecular flexibility index (Phi) is 3.25. The zero-order valence-corrected chi connectivity index (χ0v) is 11.1. The Labute approximate surface area is 115 Å². The average Bonchev–Trinajstić information content (AvgIpc) is 2.97. The third-order valence-corrected chi connectivity index (χ3v) is 3.81. The van der Waals surface area contributed by atoms with Crippen molar-refractivity contribution >= 4 is 34.0 Å². The summed E-state index contributed by atoms with van der Waals surface area (Å²) in [5, 5.41) is 4.25. The van der Waals surface area contributed by atoms with Crippen LogP contribution in [0.15, 0.2) is 66.1 Å². The molecule has 3 rings (SSSR count). The second-order valence-corrected chi connectivity index (χ2v) is 5.25. The fraction of sp³-hybridized carbons (Fsp3) is 0. The Balaban J connectivity index is 1.89. The lowest BCUT2D eigenvalue weighted by Crippen LogP contribution is -1.93. The van der Waals surface area contributed by atoms with E-state index in [9.17, 15) is 4.79 Å². The quantitative estimate of drug-likeness (QED) is 0.490. The van der Waals surface area contributed by atoms with Gasteiger partial charge in [-0.25, -0.2) is 0 Å². The van der Waals surface area contributed by atoms with Gasteiger partial charge in [-0.2, -0.15) is 0 Å². The maximum atomic E-state index is 12.1. The summed E-state index contributed by atoms with van der Waals surface area (Å²) in [5.74, 6) is 0.0409. The van der Waals surface area contributed by atoms with Crippen molar-refractivity contribution in [2.45, 2.75) is 0 Å². The van der Waals surface area contributed by atoms with Crippen LogP contribution in [0.2, 0.25) is 0 Å². The number of fused-ring (bicyclic) bond motifs is 1. The standard InChI is InChI=1S/C17H12OS/c18-17(10-9-16-6-3-11-19-16)15-8-7-13-4-1-2-5-14(13)12-15/h1-12H. The predicted octanol–water partition coefficient (Wildman–Crippen LogP) is 4.80. The van der Waals surface area contributed by atoms with Crippen LogP contribution in [0, 0.1) is 0 Å². The summed E-state index contributed by atoms with van der Waals surface area (Å²) >= 11 is 1.62. The Morgan fingerprint density at radius 1 is 0.947 bits per heavy atom. The Morgan fingerprint density at radius 2 is 1.79 bits per heavy atom. The van der Waals surface area contributed by atoms with Crippen molar-refractivity contribution in [2.24, 2.45) is 0 Å². The lowest BCUT2D eigenvalue weighted by Gasteiger charge is -2.00. The molecule has 0 saturated heterocycles. The largest absolute Gasteiger partial charge is 0.289 e. The fourth-order valence-corrected chi connectivity index (χ4v) is 2.60. The van der Waals surface area contributed by atoms with Gasteiger partial charge < -0.3 is 0 Å². The van der Waals surface area contributed by atoms with E-state index in [1.807, 2.05) is 66.1 Å². The highest BCUT2D eigenvalue weighted by Gasteiger charge is 2.02. The van der Waals surface area contributed by atoms with Crippen LogP contribution < -0.4 is 0 Å². The molecule has 19 heavy (non-hydrogen) atoms. The topological polar surface area (TPSA) is 17.1 Å². The first-order valence-electron chi connectivity index (χ1n) is 6.08. The van der Waals surface area contributed by atoms with Crippen LogP contribution in [0.5, 0.6) is 0 Å². The van der Waals surface area contributed by atoms with Crippen molar-refractivity contribution in [1.82, 2.24) is 0 Å². The molecular formula is C17H12OS. The predicted molar refractivity (Wildman–Crippen MR) is 81.6 cm³/mol. The number of carbonyl (C=O) groups excluding carboxylic acids is 1. The second kappa shape index (κ2) is 5.21. The van der Waals surface area contributed by atoms with E-state index in [-0.39, 0.29) is 5.78 Å². The lowest BCUT2D eigenvalue weighted by molar-refractivity contribution is 0.104. The molecule has 0 fully saturated rings. The number of carbonyl (C=O) groups is 1. The van der Waals surface area contributed by atoms with Crippen LogP contribution >= 0.6 is 11.3 Å². The van der Waals surface area contributed by atoms with E-state index < -0.39 is 0 Å². The zero-order valence-electron chi connectivity index (χ0n) is 10.2. The molecule has 0 aliphatic carbocycles. The molecular weight excluding hydrogens is 252 g/mol. The number of allylic oxidation sites excluding steroid dienone is 1. The maximum absolute atomic E-state index is 12.1. The van der Waals surface area contributed by atoms with Gasteiger partial charge >= 0.3 is 0 Å². The van der Waals surface area contributed by atoms with Gasteiger partial charge in [0, 0.05) is 10.4 Å². The summed E-state index contributed by atoms with van der Waals surface area (Å²) in [5.41, 5.74) is 0.728. The summed E-state index contributed by atoms with van der Waals surface area (Å²) in [6.45, 7) is 0. The molecule has 1 aromatic heterocycles. The maximum Gasteiger partial charge on any atom is 0.185 e. The first-order valence-corrected chi connectivity index (χ1v) is 6.96. The Morgan fingerprint density at radius 3 is 2.58 bits per heavy atom. The summed E-state index contributed by atoms with van der Waals surface area (Å²) in [4.78, 5) is 13.2. The van der Waals surface area contributed by atoms with Crippen molar-refractivity contribution in [3.05, 3.63) is 76.5 Å². The van der Waals surface area contributed by atoms with E-state index in [0.717, 1.165) is 21.2 Å². The minimum Gasteiger partial charge on any atom is -0.289 e.